The third kappa shape index (κ3) is 22.0. The summed E-state index contributed by atoms with van der Waals surface area (Å²) in [4.78, 5) is 0. The summed E-state index contributed by atoms with van der Waals surface area (Å²) in [5.41, 5.74) is 0. The fraction of sp³-hybridized carbons (Fsp3) is 0. The summed E-state index contributed by atoms with van der Waals surface area (Å²) in [6.07, 6.45) is 0. The molecule has 0 bridgehead atoms. The molecule has 0 atom stereocenters. The molecule has 0 aromatic carbocycles. The molecule has 0 saturated carbocycles. The van der Waals surface area contributed by atoms with E-state index in [4.69, 9.17) is 0 Å². The van der Waals surface area contributed by atoms with Crippen molar-refractivity contribution in [3.05, 3.63) is 0 Å². The minimum Gasteiger partial charge on any atom is 0 e. The van der Waals surface area contributed by atoms with Gasteiger partial charge in [-0.25, -0.2) is 0 Å². The van der Waals surface area contributed by atoms with Crippen LogP contribution in [0.1, 0.15) is 0 Å². The van der Waals surface area contributed by atoms with Crippen molar-refractivity contribution in [3.63, 3.8) is 0 Å². The Morgan fingerprint density at radius 3 is 1.00 bits per heavy atom. The standard InChI is InChI=1S/B.Cr.Mo.Ni.Se. The van der Waals surface area contributed by atoms with Crippen LogP contribution in [0.15, 0.2) is 0 Å². The Bertz CT molecular complexity index is 11.6. The average Bonchev–Trinajstić information content (AvgIpc) is 0. The second-order valence-corrected chi connectivity index (χ2v) is 0. The average molecular weight is 296 g/mol. The summed E-state index contributed by atoms with van der Waals surface area (Å²) >= 11 is 0. The number of hydrogen-bond acceptors (Lipinski definition) is 0. The van der Waals surface area contributed by atoms with Crippen LogP contribution < -0.4 is 0 Å². The second-order valence-electron chi connectivity index (χ2n) is 0. The third-order valence-electron chi connectivity index (χ3n) is 0. The fourth-order valence-electron chi connectivity index (χ4n) is 0. The van der Waals surface area contributed by atoms with E-state index in [0.717, 1.165) is 0 Å². The molecule has 0 spiro atoms. The van der Waals surface area contributed by atoms with Crippen LogP contribution in [0.5, 0.6) is 0 Å². The maximum atomic E-state index is 0. The van der Waals surface area contributed by atoms with Gasteiger partial charge in [0.05, 0.1) is 0 Å². The van der Waals surface area contributed by atoms with E-state index in [1.54, 1.807) is 0 Å². The predicted molar refractivity (Wildman–Crippen MR) is 11.5 cm³/mol. The molecule has 0 aliphatic heterocycles. The van der Waals surface area contributed by atoms with Gasteiger partial charge in [-0.2, -0.15) is 0 Å². The smallest absolute Gasteiger partial charge is 0 e. The molecule has 0 aliphatic rings. The largest absolute Gasteiger partial charge is 0 e. The number of hydrogen-bond donors (Lipinski definition) is 0. The van der Waals surface area contributed by atoms with Crippen molar-refractivity contribution in [2.45, 2.75) is 0 Å². The van der Waals surface area contributed by atoms with Crippen molar-refractivity contribution in [3.8, 4) is 0 Å². The van der Waals surface area contributed by atoms with Gasteiger partial charge in [0, 0.05) is 80.4 Å². The number of rotatable bonds is 0. The first kappa shape index (κ1) is 54.8. The first-order valence-electron chi connectivity index (χ1n) is 0. The van der Waals surface area contributed by atoms with Crippen molar-refractivity contribution >= 4 is 25.5 Å². The molecule has 0 heterocycles. The maximum absolute atomic E-state index is 0. The van der Waals surface area contributed by atoms with Gasteiger partial charge in [-0.1, -0.05) is 0 Å². The predicted octanol–water partition coefficient (Wildman–Crippen LogP) is -0.769. The topological polar surface area (TPSA) is 0 Å². The van der Waals surface area contributed by atoms with Crippen LogP contribution in [0.2, 0.25) is 0 Å². The molecule has 5 heavy (non-hydrogen) atoms. The van der Waals surface area contributed by atoms with Gasteiger partial charge in [0.15, 0.2) is 0 Å². The summed E-state index contributed by atoms with van der Waals surface area (Å²) in [7, 11) is 0. The van der Waals surface area contributed by atoms with E-state index in [0.29, 0.717) is 0 Å². The minimum absolute atomic E-state index is 0. The SMILES string of the molecule is [B].[Cr].[Mo].[Ni].[Se]. The van der Waals surface area contributed by atoms with E-state index >= 15 is 0 Å². The Balaban J connectivity index is 0. The Morgan fingerprint density at radius 2 is 1.00 bits per heavy atom. The molecule has 0 amide bonds. The van der Waals surface area contributed by atoms with Crippen LogP contribution in [0.4, 0.5) is 0 Å². The van der Waals surface area contributed by atoms with Crippen molar-refractivity contribution in [2.75, 3.05) is 0 Å². The molecule has 0 aliphatic carbocycles. The monoisotopic (exact) mass is 299 g/mol. The van der Waals surface area contributed by atoms with E-state index in [-0.39, 0.29) is 80.4 Å². The molecule has 5 radical (unpaired) electrons. The summed E-state index contributed by atoms with van der Waals surface area (Å²) in [6.45, 7) is 0. The molecule has 5 heteroatoms. The zero-order valence-electron chi connectivity index (χ0n) is 2.12. The molecule has 0 fully saturated rings. The molecular weight excluding hydrogens is 296 g/mol. The Morgan fingerprint density at radius 1 is 1.00 bits per heavy atom. The van der Waals surface area contributed by atoms with Gasteiger partial charge in [0.2, 0.25) is 0 Å². The normalized spacial score (nSPS) is 0. The molecule has 0 unspecified atom stereocenters. The summed E-state index contributed by atoms with van der Waals surface area (Å²) in [5.74, 6) is 0. The zero-order valence-corrected chi connectivity index (χ0v) is 8.10. The van der Waals surface area contributed by atoms with E-state index in [1.165, 1.54) is 0 Å². The van der Waals surface area contributed by atoms with Crippen LogP contribution in [0.3, 0.4) is 0 Å². The van der Waals surface area contributed by atoms with Crippen molar-refractivity contribution in [1.29, 1.82) is 0 Å². The molecule has 0 rings (SSSR count). The van der Waals surface area contributed by atoms with E-state index in [2.05, 4.69) is 0 Å². The minimum atomic E-state index is 0. The van der Waals surface area contributed by atoms with Gasteiger partial charge >= 0.3 is 0 Å². The summed E-state index contributed by atoms with van der Waals surface area (Å²) < 4.78 is 0. The van der Waals surface area contributed by atoms with Gasteiger partial charge in [-0.05, 0) is 0 Å². The molecule has 0 nitrogen and oxygen atoms in total. The van der Waals surface area contributed by atoms with Gasteiger partial charge in [-0.15, -0.1) is 0 Å². The van der Waals surface area contributed by atoms with Crippen molar-refractivity contribution in [1.82, 2.24) is 0 Å². The van der Waals surface area contributed by atoms with Gasteiger partial charge in [0.25, 0.3) is 0 Å². The Hall–Kier alpha value is 2.30. The first-order chi connectivity index (χ1) is 0. The molecule has 0 aromatic heterocycles. The third-order valence-corrected chi connectivity index (χ3v) is 0. The zero-order chi connectivity index (χ0) is 0. The van der Waals surface area contributed by atoms with Gasteiger partial charge in [-0.3, -0.25) is 0 Å². The van der Waals surface area contributed by atoms with Gasteiger partial charge in [0.1, 0.15) is 0 Å². The summed E-state index contributed by atoms with van der Waals surface area (Å²) in [5, 5.41) is 0. The van der Waals surface area contributed by atoms with Crippen LogP contribution in [0, 0.1) is 0 Å². The van der Waals surface area contributed by atoms with E-state index in [9.17, 15) is 0 Å². The van der Waals surface area contributed by atoms with Gasteiger partial charge < -0.3 is 0 Å². The van der Waals surface area contributed by atoms with E-state index < -0.39 is 0 Å². The fourth-order valence-corrected chi connectivity index (χ4v) is 0. The molecule has 0 aromatic rings. The maximum Gasteiger partial charge on any atom is 0 e. The van der Waals surface area contributed by atoms with Crippen LogP contribution in [-0.2, 0) is 54.9 Å². The van der Waals surface area contributed by atoms with Crippen molar-refractivity contribution in [2.24, 2.45) is 0 Å². The molecular formula is BCrMoNiSe. The molecule has 31 valence electrons. The second kappa shape index (κ2) is 33.5. The van der Waals surface area contributed by atoms with E-state index in [1.807, 2.05) is 0 Å². The molecule has 0 N–H and O–H groups in total. The Labute approximate surface area is 79.6 Å². The molecule has 0 saturated heterocycles. The van der Waals surface area contributed by atoms with Crippen molar-refractivity contribution < 1.29 is 54.9 Å². The quantitative estimate of drug-likeness (QED) is 0.515. The van der Waals surface area contributed by atoms with Crippen LogP contribution in [0.25, 0.3) is 0 Å². The Kier molecular flexibility index (Phi) is 367. The van der Waals surface area contributed by atoms with Crippen LogP contribution in [-0.4, -0.2) is 25.5 Å². The summed E-state index contributed by atoms with van der Waals surface area (Å²) in [6, 6.07) is 0. The first-order valence-corrected chi connectivity index (χ1v) is 0. The van der Waals surface area contributed by atoms with Crippen LogP contribution >= 0.6 is 0 Å².